The molecule has 0 saturated carbocycles. The summed E-state index contributed by atoms with van der Waals surface area (Å²) in [7, 11) is 0. The number of aromatic hydroxyl groups is 1. The second-order valence-electron chi connectivity index (χ2n) is 5.26. The predicted molar refractivity (Wildman–Crippen MR) is 84.1 cm³/mol. The van der Waals surface area contributed by atoms with Crippen molar-refractivity contribution in [3.05, 3.63) is 53.1 Å². The Labute approximate surface area is 136 Å². The van der Waals surface area contributed by atoms with E-state index in [1.165, 1.54) is 24.3 Å². The van der Waals surface area contributed by atoms with E-state index in [0.29, 0.717) is 22.5 Å². The van der Waals surface area contributed by atoms with Crippen LogP contribution in [-0.2, 0) is 0 Å². The van der Waals surface area contributed by atoms with Crippen LogP contribution in [-0.4, -0.2) is 26.2 Å². The Morgan fingerprint density at radius 1 is 1.17 bits per heavy atom. The van der Waals surface area contributed by atoms with Gasteiger partial charge in [-0.05, 0) is 44.2 Å². The van der Waals surface area contributed by atoms with Crippen LogP contribution in [0.3, 0.4) is 0 Å². The van der Waals surface area contributed by atoms with Crippen molar-refractivity contribution in [1.82, 2.24) is 9.97 Å². The average Bonchev–Trinajstić information content (AvgIpc) is 2.54. The van der Waals surface area contributed by atoms with E-state index in [4.69, 9.17) is 9.84 Å². The van der Waals surface area contributed by atoms with Gasteiger partial charge in [-0.25, -0.2) is 19.2 Å². The van der Waals surface area contributed by atoms with Gasteiger partial charge in [-0.3, -0.25) is 0 Å². The molecule has 7 heteroatoms. The van der Waals surface area contributed by atoms with Crippen LogP contribution in [0.4, 0.5) is 4.39 Å². The molecule has 2 heterocycles. The van der Waals surface area contributed by atoms with E-state index >= 15 is 0 Å². The number of aromatic nitrogens is 2. The first-order valence-corrected chi connectivity index (χ1v) is 7.04. The molecule has 0 aliphatic rings. The van der Waals surface area contributed by atoms with E-state index in [0.717, 1.165) is 0 Å². The maximum absolute atomic E-state index is 13.0. The van der Waals surface area contributed by atoms with E-state index in [1.54, 1.807) is 19.9 Å². The van der Waals surface area contributed by atoms with Crippen LogP contribution in [0.5, 0.6) is 17.4 Å². The maximum atomic E-state index is 13.0. The van der Waals surface area contributed by atoms with Crippen LogP contribution in [0.1, 0.15) is 21.7 Å². The highest BCUT2D eigenvalue weighted by molar-refractivity contribution is 5.98. The largest absolute Gasteiger partial charge is 0.505 e. The van der Waals surface area contributed by atoms with Gasteiger partial charge in [-0.2, -0.15) is 0 Å². The Kier molecular flexibility index (Phi) is 3.76. The van der Waals surface area contributed by atoms with Crippen LogP contribution < -0.4 is 4.74 Å². The van der Waals surface area contributed by atoms with E-state index in [2.05, 4.69) is 9.97 Å². The highest BCUT2D eigenvalue weighted by atomic mass is 19.1. The number of halogens is 1. The molecule has 0 saturated heterocycles. The van der Waals surface area contributed by atoms with E-state index in [9.17, 15) is 14.3 Å². The molecule has 2 aromatic heterocycles. The first kappa shape index (κ1) is 15.7. The fourth-order valence-electron chi connectivity index (χ4n) is 2.32. The number of carboxylic acids is 1. The third kappa shape index (κ3) is 2.71. The van der Waals surface area contributed by atoms with Crippen molar-refractivity contribution in [3.63, 3.8) is 0 Å². The Morgan fingerprint density at radius 2 is 1.83 bits per heavy atom. The molecular weight excluding hydrogens is 315 g/mol. The molecule has 2 N–H and O–H groups in total. The first-order chi connectivity index (χ1) is 11.4. The van der Waals surface area contributed by atoms with Crippen molar-refractivity contribution in [1.29, 1.82) is 0 Å². The minimum absolute atomic E-state index is 0.265. The number of nitrogens with zero attached hydrogens (tertiary/aromatic N) is 2. The van der Waals surface area contributed by atoms with Crippen molar-refractivity contribution < 1.29 is 24.1 Å². The van der Waals surface area contributed by atoms with E-state index in [-0.39, 0.29) is 17.1 Å². The van der Waals surface area contributed by atoms with Gasteiger partial charge in [-0.15, -0.1) is 0 Å². The summed E-state index contributed by atoms with van der Waals surface area (Å²) in [5.41, 5.74) is 0.849. The van der Waals surface area contributed by atoms with E-state index < -0.39 is 17.4 Å². The number of carboxylic acid groups (broad SMARTS) is 1. The van der Waals surface area contributed by atoms with Crippen LogP contribution in [0, 0.1) is 19.7 Å². The summed E-state index contributed by atoms with van der Waals surface area (Å²) in [4.78, 5) is 19.3. The molecule has 0 spiro atoms. The SMILES string of the molecule is Cc1cc2c(O)c(C(=O)O)nc(C)c2nc1Oc1ccc(F)cc1. The lowest BCUT2D eigenvalue weighted by Gasteiger charge is -2.12. The topological polar surface area (TPSA) is 92.5 Å². The minimum atomic E-state index is -1.32. The molecule has 0 aliphatic carbocycles. The molecule has 0 bridgehead atoms. The molecule has 1 aromatic carbocycles. The zero-order chi connectivity index (χ0) is 17.4. The smallest absolute Gasteiger partial charge is 0.358 e. The molecule has 0 atom stereocenters. The van der Waals surface area contributed by atoms with Crippen LogP contribution in [0.25, 0.3) is 10.9 Å². The van der Waals surface area contributed by atoms with Crippen molar-refractivity contribution in [2.75, 3.05) is 0 Å². The number of ether oxygens (including phenoxy) is 1. The summed E-state index contributed by atoms with van der Waals surface area (Å²) < 4.78 is 18.6. The number of aryl methyl sites for hydroxylation is 2. The molecule has 3 aromatic rings. The molecule has 0 unspecified atom stereocenters. The fourth-order valence-corrected chi connectivity index (χ4v) is 2.32. The zero-order valence-electron chi connectivity index (χ0n) is 12.9. The summed E-state index contributed by atoms with van der Waals surface area (Å²) >= 11 is 0. The Bertz CT molecular complexity index is 955. The quantitative estimate of drug-likeness (QED) is 0.763. The molecule has 0 amide bonds. The van der Waals surface area contributed by atoms with Gasteiger partial charge in [0.2, 0.25) is 5.88 Å². The van der Waals surface area contributed by atoms with Gasteiger partial charge in [0, 0.05) is 10.9 Å². The molecule has 3 rings (SSSR count). The predicted octanol–water partition coefficient (Wildman–Crippen LogP) is 3.58. The third-order valence-electron chi connectivity index (χ3n) is 3.50. The molecule has 24 heavy (non-hydrogen) atoms. The standard InChI is InChI=1S/C17H13FN2O4/c1-8-7-12-13(9(2)19-14(15(12)21)17(22)23)20-16(8)24-11-5-3-10(18)4-6-11/h3-7,21H,1-2H3,(H,22,23). The summed E-state index contributed by atoms with van der Waals surface area (Å²) in [5.74, 6) is -1.46. The second-order valence-corrected chi connectivity index (χ2v) is 5.26. The lowest BCUT2D eigenvalue weighted by molar-refractivity contribution is 0.0687. The maximum Gasteiger partial charge on any atom is 0.358 e. The fraction of sp³-hybridized carbons (Fsp3) is 0.118. The second kappa shape index (κ2) is 5.77. The number of pyridine rings is 2. The number of benzene rings is 1. The van der Waals surface area contributed by atoms with Gasteiger partial charge >= 0.3 is 5.97 Å². The van der Waals surface area contributed by atoms with Gasteiger partial charge < -0.3 is 14.9 Å². The highest BCUT2D eigenvalue weighted by Crippen LogP contribution is 2.33. The Hall–Kier alpha value is -3.22. The molecular formula is C17H13FN2O4. The number of fused-ring (bicyclic) bond motifs is 1. The normalized spacial score (nSPS) is 10.8. The Balaban J connectivity index is 2.13. The van der Waals surface area contributed by atoms with Crippen molar-refractivity contribution in [2.45, 2.75) is 13.8 Å². The number of rotatable bonds is 3. The monoisotopic (exact) mass is 328 g/mol. The average molecular weight is 328 g/mol. The molecule has 122 valence electrons. The summed E-state index contributed by atoms with van der Waals surface area (Å²) in [6, 6.07) is 7.05. The van der Waals surface area contributed by atoms with Gasteiger partial charge in [0.1, 0.15) is 11.6 Å². The lowest BCUT2D eigenvalue weighted by Crippen LogP contribution is -2.04. The van der Waals surface area contributed by atoms with Crippen molar-refractivity contribution >= 4 is 16.9 Å². The van der Waals surface area contributed by atoms with Gasteiger partial charge in [0.05, 0.1) is 11.2 Å². The van der Waals surface area contributed by atoms with E-state index in [1.807, 2.05) is 0 Å². The summed E-state index contributed by atoms with van der Waals surface area (Å²) in [6.45, 7) is 3.30. The van der Waals surface area contributed by atoms with Crippen LogP contribution in [0.2, 0.25) is 0 Å². The summed E-state index contributed by atoms with van der Waals surface area (Å²) in [5, 5.41) is 19.5. The molecule has 0 fully saturated rings. The number of aromatic carboxylic acids is 1. The van der Waals surface area contributed by atoms with Crippen LogP contribution in [0.15, 0.2) is 30.3 Å². The summed E-state index contributed by atoms with van der Waals surface area (Å²) in [6.07, 6.45) is 0. The number of hydrogen-bond acceptors (Lipinski definition) is 5. The zero-order valence-corrected chi connectivity index (χ0v) is 12.9. The third-order valence-corrected chi connectivity index (χ3v) is 3.50. The highest BCUT2D eigenvalue weighted by Gasteiger charge is 2.19. The number of carbonyl (C=O) groups is 1. The van der Waals surface area contributed by atoms with Gasteiger partial charge in [0.15, 0.2) is 11.4 Å². The number of hydrogen-bond donors (Lipinski definition) is 2. The van der Waals surface area contributed by atoms with Gasteiger partial charge in [-0.1, -0.05) is 0 Å². The Morgan fingerprint density at radius 3 is 2.46 bits per heavy atom. The van der Waals surface area contributed by atoms with Crippen molar-refractivity contribution in [2.24, 2.45) is 0 Å². The minimum Gasteiger partial charge on any atom is -0.505 e. The molecule has 0 radical (unpaired) electrons. The lowest BCUT2D eigenvalue weighted by atomic mass is 10.1. The van der Waals surface area contributed by atoms with Crippen LogP contribution >= 0.6 is 0 Å². The van der Waals surface area contributed by atoms with Gasteiger partial charge in [0.25, 0.3) is 0 Å². The van der Waals surface area contributed by atoms with Crippen molar-refractivity contribution in [3.8, 4) is 17.4 Å². The first-order valence-electron chi connectivity index (χ1n) is 7.04. The molecule has 6 nitrogen and oxygen atoms in total. The molecule has 0 aliphatic heterocycles.